The van der Waals surface area contributed by atoms with Gasteiger partial charge in [-0.25, -0.2) is 0 Å². The van der Waals surface area contributed by atoms with Gasteiger partial charge in [-0.15, -0.1) is 0 Å². The van der Waals surface area contributed by atoms with Crippen molar-refractivity contribution in [3.05, 3.63) is 38.4 Å². The molecule has 1 aromatic carbocycles. The summed E-state index contributed by atoms with van der Waals surface area (Å²) in [5.74, 6) is 0. The van der Waals surface area contributed by atoms with Crippen molar-refractivity contribution in [3.63, 3.8) is 0 Å². The molecular weight excluding hydrogens is 347 g/mol. The van der Waals surface area contributed by atoms with E-state index in [1.54, 1.807) is 0 Å². The van der Waals surface area contributed by atoms with E-state index in [2.05, 4.69) is 15.9 Å². The van der Waals surface area contributed by atoms with Gasteiger partial charge in [-0.2, -0.15) is 0 Å². The van der Waals surface area contributed by atoms with Crippen molar-refractivity contribution in [2.24, 2.45) is 0 Å². The molecule has 0 saturated heterocycles. The topological polar surface area (TPSA) is 86.3 Å². The Kier molecular flexibility index (Phi) is 4.85. The van der Waals surface area contributed by atoms with Gasteiger partial charge in [0, 0.05) is 0 Å². The van der Waals surface area contributed by atoms with Crippen LogP contribution >= 0.6 is 15.9 Å². The fourth-order valence-electron chi connectivity index (χ4n) is 1.03. The number of hydrogen-bond donors (Lipinski definition) is 0. The van der Waals surface area contributed by atoms with Gasteiger partial charge in [-0.05, 0) is 0 Å². The molecule has 86 valence electrons. The Balaban J connectivity index is 3.09. The monoisotopic (exact) mass is 354 g/mol. The summed E-state index contributed by atoms with van der Waals surface area (Å²) in [7, 11) is 0. The molecule has 0 radical (unpaired) electrons. The van der Waals surface area contributed by atoms with Crippen molar-refractivity contribution in [3.8, 4) is 0 Å². The molecule has 1 rings (SSSR count). The first-order valence-corrected chi connectivity index (χ1v) is 7.36. The molecule has 0 saturated carbocycles. The number of nitrogens with zero attached hydrogens (tertiary/aromatic N) is 2. The van der Waals surface area contributed by atoms with Crippen LogP contribution in [-0.2, 0) is 0 Å². The standard InChI is InChI=1S/C8H7BrN2O4Se/c9-3-4-16-8-2-1-6(10(12)13)5-7(8)11(14)15/h1-2,5H,3-4H2. The van der Waals surface area contributed by atoms with Crippen molar-refractivity contribution in [1.29, 1.82) is 0 Å². The minimum absolute atomic E-state index is 0.0406. The number of non-ortho nitro benzene ring substituents is 1. The first-order chi connectivity index (χ1) is 7.56. The second kappa shape index (κ2) is 5.93. The Bertz CT molecular complexity index is 426. The van der Waals surface area contributed by atoms with Crippen LogP contribution in [0.2, 0.25) is 5.32 Å². The summed E-state index contributed by atoms with van der Waals surface area (Å²) in [5, 5.41) is 22.8. The van der Waals surface area contributed by atoms with E-state index < -0.39 is 9.85 Å². The van der Waals surface area contributed by atoms with Crippen LogP contribution in [0.3, 0.4) is 0 Å². The molecule has 0 amide bonds. The first-order valence-electron chi connectivity index (χ1n) is 4.18. The van der Waals surface area contributed by atoms with Gasteiger partial charge >= 0.3 is 106 Å². The second-order valence-corrected chi connectivity index (χ2v) is 5.88. The van der Waals surface area contributed by atoms with Crippen LogP contribution < -0.4 is 4.46 Å². The predicted molar refractivity (Wildman–Crippen MR) is 63.7 cm³/mol. The van der Waals surface area contributed by atoms with Crippen molar-refractivity contribution < 1.29 is 9.85 Å². The van der Waals surface area contributed by atoms with E-state index in [-0.39, 0.29) is 26.3 Å². The number of rotatable bonds is 5. The molecule has 0 bridgehead atoms. The molecule has 0 heterocycles. The molecule has 0 N–H and O–H groups in total. The number of hydrogen-bond acceptors (Lipinski definition) is 4. The fraction of sp³-hybridized carbons (Fsp3) is 0.250. The van der Waals surface area contributed by atoms with Gasteiger partial charge in [0.1, 0.15) is 0 Å². The molecule has 0 fully saturated rings. The maximum absolute atomic E-state index is 10.7. The second-order valence-electron chi connectivity index (χ2n) is 2.70. The molecule has 1 aromatic rings. The summed E-state index contributed by atoms with van der Waals surface area (Å²) in [4.78, 5) is 20.0. The summed E-state index contributed by atoms with van der Waals surface area (Å²) in [6, 6.07) is 3.79. The van der Waals surface area contributed by atoms with Crippen LogP contribution in [0.4, 0.5) is 11.4 Å². The van der Waals surface area contributed by atoms with Gasteiger partial charge < -0.3 is 0 Å². The number of nitro benzene ring substituents is 2. The Morgan fingerprint density at radius 2 is 1.94 bits per heavy atom. The van der Waals surface area contributed by atoms with Crippen LogP contribution in [0.25, 0.3) is 0 Å². The molecular formula is C8H7BrN2O4Se. The Morgan fingerprint density at radius 3 is 2.44 bits per heavy atom. The zero-order valence-electron chi connectivity index (χ0n) is 7.96. The summed E-state index contributed by atoms with van der Waals surface area (Å²) < 4.78 is 0.586. The maximum atomic E-state index is 10.7. The van der Waals surface area contributed by atoms with Gasteiger partial charge in [0.05, 0.1) is 0 Å². The molecule has 0 aromatic heterocycles. The average molecular weight is 354 g/mol. The van der Waals surface area contributed by atoms with Gasteiger partial charge in [0.15, 0.2) is 0 Å². The molecule has 0 atom stereocenters. The molecule has 6 nitrogen and oxygen atoms in total. The van der Waals surface area contributed by atoms with E-state index in [4.69, 9.17) is 0 Å². The van der Waals surface area contributed by atoms with E-state index >= 15 is 0 Å². The minimum atomic E-state index is -0.631. The predicted octanol–water partition coefficient (Wildman–Crippen LogP) is 1.65. The normalized spacial score (nSPS) is 10.1. The van der Waals surface area contributed by atoms with Gasteiger partial charge in [-0.1, -0.05) is 0 Å². The zero-order valence-corrected chi connectivity index (χ0v) is 11.3. The molecule has 16 heavy (non-hydrogen) atoms. The van der Waals surface area contributed by atoms with Gasteiger partial charge in [0.25, 0.3) is 0 Å². The van der Waals surface area contributed by atoms with Crippen molar-refractivity contribution in [1.82, 2.24) is 0 Å². The number of benzene rings is 1. The van der Waals surface area contributed by atoms with Crippen molar-refractivity contribution in [2.75, 3.05) is 5.33 Å². The van der Waals surface area contributed by atoms with Gasteiger partial charge in [-0.3, -0.25) is 0 Å². The summed E-state index contributed by atoms with van der Waals surface area (Å²) >= 11 is 3.20. The molecule has 0 aliphatic rings. The molecule has 0 aliphatic heterocycles. The summed E-state index contributed by atoms with van der Waals surface area (Å²) in [6.07, 6.45) is 0. The number of alkyl halides is 1. The number of halogens is 1. The van der Waals surface area contributed by atoms with E-state index in [0.717, 1.165) is 16.7 Å². The Hall–Kier alpha value is -0.981. The van der Waals surface area contributed by atoms with Crippen LogP contribution in [0, 0.1) is 20.2 Å². The van der Waals surface area contributed by atoms with E-state index in [0.29, 0.717) is 4.46 Å². The van der Waals surface area contributed by atoms with Crippen molar-refractivity contribution >= 4 is 46.7 Å². The molecule has 8 heteroatoms. The average Bonchev–Trinajstić information content (AvgIpc) is 2.25. The van der Waals surface area contributed by atoms with Crippen LogP contribution in [0.5, 0.6) is 0 Å². The molecule has 0 aliphatic carbocycles. The SMILES string of the molecule is O=[N+]([O-])c1ccc([Se]CCBr)c([N+](=O)[O-])c1. The first kappa shape index (κ1) is 13.1. The Labute approximate surface area is 106 Å². The fourth-order valence-corrected chi connectivity index (χ4v) is 3.43. The molecule has 0 spiro atoms. The summed E-state index contributed by atoms with van der Waals surface area (Å²) in [6.45, 7) is 0. The third-order valence-corrected chi connectivity index (χ3v) is 5.50. The van der Waals surface area contributed by atoms with E-state index in [1.165, 1.54) is 12.1 Å². The van der Waals surface area contributed by atoms with Crippen LogP contribution in [0.1, 0.15) is 0 Å². The molecule has 0 unspecified atom stereocenters. The summed E-state index contributed by atoms with van der Waals surface area (Å²) in [5.41, 5.74) is -0.403. The van der Waals surface area contributed by atoms with Crippen LogP contribution in [0.15, 0.2) is 18.2 Å². The van der Waals surface area contributed by atoms with Gasteiger partial charge in [0.2, 0.25) is 0 Å². The van der Waals surface area contributed by atoms with Crippen LogP contribution in [-0.4, -0.2) is 30.1 Å². The number of nitro groups is 2. The quantitative estimate of drug-likeness (QED) is 0.348. The van der Waals surface area contributed by atoms with E-state index in [1.807, 2.05) is 0 Å². The third kappa shape index (κ3) is 3.26. The van der Waals surface area contributed by atoms with E-state index in [9.17, 15) is 20.2 Å². The third-order valence-electron chi connectivity index (χ3n) is 1.68. The zero-order chi connectivity index (χ0) is 12.1. The van der Waals surface area contributed by atoms with Crippen molar-refractivity contribution in [2.45, 2.75) is 5.32 Å². The Morgan fingerprint density at radius 1 is 1.25 bits per heavy atom.